The van der Waals surface area contributed by atoms with Gasteiger partial charge in [0.25, 0.3) is 0 Å². The van der Waals surface area contributed by atoms with E-state index in [0.29, 0.717) is 42.3 Å². The summed E-state index contributed by atoms with van der Waals surface area (Å²) in [4.78, 5) is 16.1. The quantitative estimate of drug-likeness (QED) is 0.402. The minimum atomic E-state index is -3.66. The van der Waals surface area contributed by atoms with Crippen LogP contribution in [0, 0.1) is 25.7 Å². The van der Waals surface area contributed by atoms with Crippen molar-refractivity contribution >= 4 is 21.7 Å². The summed E-state index contributed by atoms with van der Waals surface area (Å²) in [5, 5.41) is 13.4. The molecule has 2 heterocycles. The molecule has 1 saturated carbocycles. The Hall–Kier alpha value is -3.40. The highest BCUT2D eigenvalue weighted by atomic mass is 32.2. The van der Waals surface area contributed by atoms with Crippen LogP contribution in [0.5, 0.6) is 5.75 Å². The molecule has 2 aromatic heterocycles. The lowest BCUT2D eigenvalue weighted by Gasteiger charge is -2.28. The van der Waals surface area contributed by atoms with Gasteiger partial charge in [0.05, 0.1) is 24.0 Å². The van der Waals surface area contributed by atoms with Crippen LogP contribution in [0.2, 0.25) is 0 Å². The molecular weight excluding hydrogens is 482 g/mol. The maximum absolute atomic E-state index is 12.8. The fourth-order valence-corrected chi connectivity index (χ4v) is 5.68. The molecule has 0 bridgehead atoms. The third-order valence-electron chi connectivity index (χ3n) is 6.57. The van der Waals surface area contributed by atoms with E-state index in [-0.39, 0.29) is 29.0 Å². The molecule has 2 atom stereocenters. The number of nitrogens with one attached hydrogen (secondary N) is 1. The first-order chi connectivity index (χ1) is 17.2. The first kappa shape index (κ1) is 25.7. The average molecular weight is 514 g/mol. The van der Waals surface area contributed by atoms with E-state index in [0.717, 1.165) is 24.8 Å². The molecule has 0 saturated heterocycles. The van der Waals surface area contributed by atoms with Crippen molar-refractivity contribution in [2.24, 2.45) is 11.8 Å². The summed E-state index contributed by atoms with van der Waals surface area (Å²) in [7, 11) is -3.66. The van der Waals surface area contributed by atoms with Crippen molar-refractivity contribution < 1.29 is 27.6 Å². The van der Waals surface area contributed by atoms with Gasteiger partial charge in [-0.2, -0.15) is 0 Å². The number of aromatic nitrogens is 2. The molecule has 0 aliphatic heterocycles. The summed E-state index contributed by atoms with van der Waals surface area (Å²) in [6, 6.07) is 12.8. The molecule has 4 rings (SSSR count). The predicted molar refractivity (Wildman–Crippen MR) is 135 cm³/mol. The standard InChI is InChI=1S/C26H31N3O6S/c1-17-23(34-16-20-10-6-7-11-21(20)26(30)31)13-12-22(27-17)25-24(18(2)28-35-25)29-36(32,33)15-14-19-8-4-3-5-9-19/h3-5,8-9,12-13,20-21,29H,6-7,10-11,14-16H2,1-2H3,(H,30,31). The molecule has 1 aliphatic carbocycles. The van der Waals surface area contributed by atoms with Crippen molar-refractivity contribution in [3.05, 3.63) is 59.4 Å². The Morgan fingerprint density at radius 3 is 2.58 bits per heavy atom. The number of sulfonamides is 1. The van der Waals surface area contributed by atoms with Crippen LogP contribution in [-0.2, 0) is 21.2 Å². The van der Waals surface area contributed by atoms with Gasteiger partial charge < -0.3 is 14.4 Å². The highest BCUT2D eigenvalue weighted by Gasteiger charge is 2.31. The molecular formula is C26H31N3O6S. The fraction of sp³-hybridized carbons (Fsp3) is 0.423. The maximum atomic E-state index is 12.8. The van der Waals surface area contributed by atoms with Crippen molar-refractivity contribution in [3.63, 3.8) is 0 Å². The molecule has 0 spiro atoms. The molecule has 36 heavy (non-hydrogen) atoms. The zero-order valence-corrected chi connectivity index (χ0v) is 21.3. The van der Waals surface area contributed by atoms with Gasteiger partial charge in [-0.05, 0) is 50.8 Å². The van der Waals surface area contributed by atoms with Gasteiger partial charge in [0.15, 0.2) is 0 Å². The van der Waals surface area contributed by atoms with Crippen LogP contribution in [0.3, 0.4) is 0 Å². The zero-order chi connectivity index (χ0) is 25.7. The van der Waals surface area contributed by atoms with Gasteiger partial charge in [-0.25, -0.2) is 13.4 Å². The Morgan fingerprint density at radius 1 is 1.11 bits per heavy atom. The van der Waals surface area contributed by atoms with Crippen LogP contribution in [0.4, 0.5) is 5.69 Å². The molecule has 3 aromatic rings. The van der Waals surface area contributed by atoms with Crippen LogP contribution in [0.15, 0.2) is 47.0 Å². The monoisotopic (exact) mass is 513 g/mol. The van der Waals surface area contributed by atoms with E-state index in [9.17, 15) is 18.3 Å². The van der Waals surface area contributed by atoms with Crippen LogP contribution >= 0.6 is 0 Å². The Morgan fingerprint density at radius 2 is 1.86 bits per heavy atom. The van der Waals surface area contributed by atoms with Crippen molar-refractivity contribution in [2.75, 3.05) is 17.1 Å². The maximum Gasteiger partial charge on any atom is 0.306 e. The molecule has 2 unspecified atom stereocenters. The molecule has 0 amide bonds. The number of rotatable bonds is 10. The van der Waals surface area contributed by atoms with Crippen molar-refractivity contribution in [2.45, 2.75) is 46.0 Å². The number of hydrogen-bond donors (Lipinski definition) is 2. The van der Waals surface area contributed by atoms with E-state index in [1.807, 2.05) is 30.3 Å². The number of pyridine rings is 1. The second-order valence-corrected chi connectivity index (χ2v) is 11.1. The van der Waals surface area contributed by atoms with Crippen LogP contribution in [-0.4, -0.2) is 42.0 Å². The Bertz CT molecular complexity index is 1310. The Labute approximate surface area is 210 Å². The first-order valence-corrected chi connectivity index (χ1v) is 13.7. The van der Waals surface area contributed by atoms with E-state index >= 15 is 0 Å². The summed E-state index contributed by atoms with van der Waals surface area (Å²) in [6.45, 7) is 3.75. The number of carboxylic acid groups (broad SMARTS) is 1. The van der Waals surface area contributed by atoms with Gasteiger partial charge in [-0.3, -0.25) is 9.52 Å². The number of ether oxygens (including phenoxy) is 1. The Kier molecular flexibility index (Phi) is 7.93. The third kappa shape index (κ3) is 6.23. The second kappa shape index (κ2) is 11.1. The number of anilines is 1. The summed E-state index contributed by atoms with van der Waals surface area (Å²) < 4.78 is 39.6. The third-order valence-corrected chi connectivity index (χ3v) is 7.83. The fourth-order valence-electron chi connectivity index (χ4n) is 4.52. The van der Waals surface area contributed by atoms with Crippen LogP contribution in [0.1, 0.15) is 42.6 Å². The SMILES string of the molecule is Cc1nc(-c2onc(C)c2NS(=O)(=O)CCc2ccccc2)ccc1OCC1CCCCC1C(=O)O. The molecule has 9 nitrogen and oxygen atoms in total. The lowest BCUT2D eigenvalue weighted by atomic mass is 9.80. The van der Waals surface area contributed by atoms with Gasteiger partial charge >= 0.3 is 5.97 Å². The second-order valence-electron chi connectivity index (χ2n) is 9.21. The molecule has 1 fully saturated rings. The molecule has 0 radical (unpaired) electrons. The largest absolute Gasteiger partial charge is 0.491 e. The average Bonchev–Trinajstić information content (AvgIpc) is 3.22. The van der Waals surface area contributed by atoms with Gasteiger partial charge in [0.2, 0.25) is 15.8 Å². The topological polar surface area (TPSA) is 132 Å². The van der Waals surface area contributed by atoms with Crippen molar-refractivity contribution in [3.8, 4) is 17.2 Å². The zero-order valence-electron chi connectivity index (χ0n) is 20.4. The highest BCUT2D eigenvalue weighted by Crippen LogP contribution is 2.34. The number of nitrogens with zero attached hydrogens (tertiary/aromatic N) is 2. The number of hydrogen-bond acceptors (Lipinski definition) is 7. The minimum Gasteiger partial charge on any atom is -0.491 e. The number of benzene rings is 1. The van der Waals surface area contributed by atoms with Crippen molar-refractivity contribution in [1.29, 1.82) is 0 Å². The molecule has 1 aromatic carbocycles. The van der Waals surface area contributed by atoms with Gasteiger partial charge in [0.1, 0.15) is 22.8 Å². The lowest BCUT2D eigenvalue weighted by molar-refractivity contribution is -0.145. The van der Waals surface area contributed by atoms with Gasteiger partial charge in [0, 0.05) is 5.92 Å². The summed E-state index contributed by atoms with van der Waals surface area (Å²) >= 11 is 0. The van der Waals surface area contributed by atoms with Gasteiger partial charge in [-0.1, -0.05) is 48.3 Å². The van der Waals surface area contributed by atoms with Gasteiger partial charge in [-0.15, -0.1) is 0 Å². The van der Waals surface area contributed by atoms with Crippen LogP contribution in [0.25, 0.3) is 11.5 Å². The van der Waals surface area contributed by atoms with E-state index in [2.05, 4.69) is 14.9 Å². The Balaban J connectivity index is 1.46. The van der Waals surface area contributed by atoms with E-state index in [1.54, 1.807) is 26.0 Å². The van der Waals surface area contributed by atoms with E-state index < -0.39 is 16.0 Å². The minimum absolute atomic E-state index is 0.0378. The number of aryl methyl sites for hydroxylation is 3. The van der Waals surface area contributed by atoms with E-state index in [1.165, 1.54) is 0 Å². The summed E-state index contributed by atoms with van der Waals surface area (Å²) in [5.41, 5.74) is 2.60. The summed E-state index contributed by atoms with van der Waals surface area (Å²) in [6.07, 6.45) is 3.81. The van der Waals surface area contributed by atoms with E-state index in [4.69, 9.17) is 9.26 Å². The normalized spacial score (nSPS) is 18.1. The number of carboxylic acids is 1. The molecule has 192 valence electrons. The molecule has 2 N–H and O–H groups in total. The smallest absolute Gasteiger partial charge is 0.306 e. The molecule has 10 heteroatoms. The molecule has 1 aliphatic rings. The predicted octanol–water partition coefficient (Wildman–Crippen LogP) is 4.61. The van der Waals surface area contributed by atoms with Crippen LogP contribution < -0.4 is 9.46 Å². The highest BCUT2D eigenvalue weighted by molar-refractivity contribution is 7.92. The summed E-state index contributed by atoms with van der Waals surface area (Å²) in [5.74, 6) is -0.505. The number of aliphatic carboxylic acids is 1. The van der Waals surface area contributed by atoms with Crippen molar-refractivity contribution in [1.82, 2.24) is 10.1 Å². The lowest BCUT2D eigenvalue weighted by Crippen LogP contribution is -2.31. The number of carbonyl (C=O) groups is 1. The first-order valence-electron chi connectivity index (χ1n) is 12.1.